The Kier molecular flexibility index (Phi) is 7.38. The van der Waals surface area contributed by atoms with E-state index in [1.807, 2.05) is 42.7 Å². The zero-order chi connectivity index (χ0) is 11.8. The molecule has 0 amide bonds. The summed E-state index contributed by atoms with van der Waals surface area (Å²) in [6.07, 6.45) is 0.917. The molecule has 0 aromatic carbocycles. The fraction of sp³-hybridized carbons (Fsp3) is 0.455. The van der Waals surface area contributed by atoms with Crippen LogP contribution in [0.3, 0.4) is 0 Å². The van der Waals surface area contributed by atoms with E-state index in [0.29, 0.717) is 12.2 Å². The van der Waals surface area contributed by atoms with Crippen molar-refractivity contribution in [1.29, 1.82) is 0 Å². The molecular weight excluding hydrogens is 303 g/mol. The first kappa shape index (κ1) is 14.4. The molecule has 0 saturated heterocycles. The Balaban J connectivity index is 3.98. The molecule has 0 bridgehead atoms. The van der Waals surface area contributed by atoms with Crippen LogP contribution in [0.4, 0.5) is 0 Å². The first-order valence-corrected chi connectivity index (χ1v) is 5.66. The molecule has 1 N–H and O–H groups in total. The largest absolute Gasteiger partial charge is 0.310 e. The van der Waals surface area contributed by atoms with Gasteiger partial charge < -0.3 is 5.32 Å². The van der Waals surface area contributed by atoms with Gasteiger partial charge in [-0.1, -0.05) is 12.2 Å². The molecule has 15 heavy (non-hydrogen) atoms. The highest BCUT2D eigenvalue weighted by Gasteiger charge is 2.07. The lowest BCUT2D eigenvalue weighted by Gasteiger charge is -2.17. The van der Waals surface area contributed by atoms with Gasteiger partial charge in [-0.05, 0) is 26.8 Å². The van der Waals surface area contributed by atoms with Gasteiger partial charge in [0.1, 0.15) is 11.6 Å². The predicted octanol–water partition coefficient (Wildman–Crippen LogP) is 2.44. The third-order valence-corrected chi connectivity index (χ3v) is 3.12. The standard InChI is InChI=1S/C11H17IN2O/c1-9(2)5-6-13-7-11(8-15)14(12)10(3)4/h13H,1,3,5-7H2,2,4H3. The molecule has 0 radical (unpaired) electrons. The van der Waals surface area contributed by atoms with Crippen molar-refractivity contribution in [2.24, 2.45) is 0 Å². The van der Waals surface area contributed by atoms with Gasteiger partial charge in [-0.2, -0.15) is 0 Å². The molecule has 0 fully saturated rings. The number of carbonyl (C=O) groups excluding carboxylic acids is 1. The topological polar surface area (TPSA) is 32.3 Å². The first-order chi connectivity index (χ1) is 6.99. The summed E-state index contributed by atoms with van der Waals surface area (Å²) in [6.45, 7) is 12.7. The molecular formula is C11H17IN2O. The second kappa shape index (κ2) is 7.68. The molecule has 0 aliphatic heterocycles. The highest BCUT2D eigenvalue weighted by Crippen LogP contribution is 2.14. The summed E-state index contributed by atoms with van der Waals surface area (Å²) in [7, 11) is 0. The van der Waals surface area contributed by atoms with E-state index < -0.39 is 0 Å². The fourth-order valence-corrected chi connectivity index (χ4v) is 1.15. The summed E-state index contributed by atoms with van der Waals surface area (Å²) in [6, 6.07) is 0. The van der Waals surface area contributed by atoms with Crippen molar-refractivity contribution in [3.8, 4) is 0 Å². The van der Waals surface area contributed by atoms with E-state index in [-0.39, 0.29) is 0 Å². The maximum absolute atomic E-state index is 10.7. The second-order valence-electron chi connectivity index (χ2n) is 3.45. The van der Waals surface area contributed by atoms with Gasteiger partial charge in [0.25, 0.3) is 0 Å². The molecule has 0 aromatic heterocycles. The van der Waals surface area contributed by atoms with Crippen LogP contribution < -0.4 is 5.32 Å². The smallest absolute Gasteiger partial charge is 0.148 e. The monoisotopic (exact) mass is 320 g/mol. The zero-order valence-corrected chi connectivity index (χ0v) is 11.4. The number of halogens is 1. The minimum Gasteiger partial charge on any atom is -0.310 e. The lowest BCUT2D eigenvalue weighted by Crippen LogP contribution is -2.24. The van der Waals surface area contributed by atoms with Gasteiger partial charge in [-0.25, -0.2) is 4.79 Å². The summed E-state index contributed by atoms with van der Waals surface area (Å²) in [5, 5.41) is 3.16. The van der Waals surface area contributed by atoms with E-state index in [2.05, 4.69) is 18.5 Å². The molecule has 0 saturated carbocycles. The summed E-state index contributed by atoms with van der Waals surface area (Å²) >= 11 is 2.04. The highest BCUT2D eigenvalue weighted by molar-refractivity contribution is 14.1. The van der Waals surface area contributed by atoms with Gasteiger partial charge >= 0.3 is 0 Å². The summed E-state index contributed by atoms with van der Waals surface area (Å²) in [4.78, 5) is 10.7. The van der Waals surface area contributed by atoms with Crippen LogP contribution in [0, 0.1) is 0 Å². The van der Waals surface area contributed by atoms with Crippen LogP contribution in [0.25, 0.3) is 0 Å². The number of nitrogens with zero attached hydrogens (tertiary/aromatic N) is 1. The Hall–Kier alpha value is -0.580. The predicted molar refractivity (Wildman–Crippen MR) is 72.2 cm³/mol. The molecule has 0 spiro atoms. The van der Waals surface area contributed by atoms with Gasteiger partial charge in [-0.15, -0.1) is 6.58 Å². The molecule has 0 atom stereocenters. The molecule has 0 aromatic rings. The number of allylic oxidation sites excluding steroid dienone is 1. The summed E-state index contributed by atoms with van der Waals surface area (Å²) in [5.74, 6) is 1.91. The van der Waals surface area contributed by atoms with Gasteiger partial charge in [-0.3, -0.25) is 3.11 Å². The molecule has 0 rings (SSSR count). The van der Waals surface area contributed by atoms with Gasteiger partial charge in [0.05, 0.1) is 22.9 Å². The quantitative estimate of drug-likeness (QED) is 0.257. The van der Waals surface area contributed by atoms with Crippen molar-refractivity contribution in [2.45, 2.75) is 20.3 Å². The van der Waals surface area contributed by atoms with Crippen molar-refractivity contribution in [3.63, 3.8) is 0 Å². The molecule has 3 nitrogen and oxygen atoms in total. The van der Waals surface area contributed by atoms with Crippen molar-refractivity contribution in [3.05, 3.63) is 30.1 Å². The maximum Gasteiger partial charge on any atom is 0.148 e. The minimum absolute atomic E-state index is 0.507. The van der Waals surface area contributed by atoms with E-state index in [9.17, 15) is 4.79 Å². The second-order valence-corrected chi connectivity index (χ2v) is 4.41. The molecule has 0 aliphatic carbocycles. The van der Waals surface area contributed by atoms with Crippen molar-refractivity contribution < 1.29 is 4.79 Å². The van der Waals surface area contributed by atoms with E-state index in [1.165, 1.54) is 0 Å². The average molecular weight is 320 g/mol. The van der Waals surface area contributed by atoms with Crippen molar-refractivity contribution in [2.75, 3.05) is 13.1 Å². The van der Waals surface area contributed by atoms with E-state index >= 15 is 0 Å². The van der Waals surface area contributed by atoms with E-state index in [0.717, 1.165) is 24.2 Å². The Bertz CT molecular complexity index is 293. The summed E-state index contributed by atoms with van der Waals surface area (Å²) < 4.78 is 1.71. The van der Waals surface area contributed by atoms with Crippen LogP contribution in [0.1, 0.15) is 20.3 Å². The number of rotatable bonds is 7. The number of nitrogens with one attached hydrogen (secondary N) is 1. The lowest BCUT2D eigenvalue weighted by molar-refractivity contribution is 0.556. The first-order valence-electron chi connectivity index (χ1n) is 4.69. The van der Waals surface area contributed by atoms with Gasteiger partial charge in [0.15, 0.2) is 0 Å². The molecule has 0 heterocycles. The normalized spacial score (nSPS) is 9.27. The van der Waals surface area contributed by atoms with Crippen LogP contribution >= 0.6 is 22.9 Å². The van der Waals surface area contributed by atoms with Crippen LogP contribution in [-0.4, -0.2) is 22.1 Å². The van der Waals surface area contributed by atoms with Crippen molar-refractivity contribution in [1.82, 2.24) is 8.43 Å². The van der Waals surface area contributed by atoms with Crippen molar-refractivity contribution >= 4 is 28.8 Å². The van der Waals surface area contributed by atoms with Crippen LogP contribution in [0.5, 0.6) is 0 Å². The van der Waals surface area contributed by atoms with Crippen LogP contribution in [0.15, 0.2) is 30.1 Å². The average Bonchev–Trinajstić information content (AvgIpc) is 2.16. The Morgan fingerprint density at radius 1 is 1.47 bits per heavy atom. The zero-order valence-electron chi connectivity index (χ0n) is 9.27. The summed E-state index contributed by atoms with van der Waals surface area (Å²) in [5.41, 5.74) is 2.51. The Morgan fingerprint density at radius 2 is 2.07 bits per heavy atom. The van der Waals surface area contributed by atoms with Crippen LogP contribution in [0.2, 0.25) is 0 Å². The third-order valence-electron chi connectivity index (χ3n) is 1.71. The van der Waals surface area contributed by atoms with E-state index in [1.54, 1.807) is 3.11 Å². The SMILES string of the molecule is C=C(C)CCNCC(=C=O)N(I)C(=C)C. The third kappa shape index (κ3) is 6.49. The number of hydrogen-bond acceptors (Lipinski definition) is 3. The fourth-order valence-electron chi connectivity index (χ4n) is 0.885. The Morgan fingerprint density at radius 3 is 2.47 bits per heavy atom. The number of hydrogen-bond donors (Lipinski definition) is 1. The molecule has 0 unspecified atom stereocenters. The minimum atomic E-state index is 0.507. The molecule has 0 aliphatic rings. The van der Waals surface area contributed by atoms with E-state index in [4.69, 9.17) is 0 Å². The van der Waals surface area contributed by atoms with Gasteiger partial charge in [0, 0.05) is 12.2 Å². The Labute approximate surface area is 105 Å². The van der Waals surface area contributed by atoms with Crippen LogP contribution in [-0.2, 0) is 4.79 Å². The van der Waals surface area contributed by atoms with Gasteiger partial charge in [0.2, 0.25) is 0 Å². The lowest BCUT2D eigenvalue weighted by atomic mass is 10.2. The maximum atomic E-state index is 10.7. The molecule has 4 heteroatoms. The highest BCUT2D eigenvalue weighted by atomic mass is 127. The molecule has 84 valence electrons.